The molecule has 2 aromatic heterocycles. The van der Waals surface area contributed by atoms with Crippen LogP contribution in [-0.4, -0.2) is 21.0 Å². The van der Waals surface area contributed by atoms with Crippen molar-refractivity contribution in [3.8, 4) is 0 Å². The number of fused-ring (bicyclic) bond motifs is 1. The molecule has 1 N–H and O–H groups in total. The van der Waals surface area contributed by atoms with Gasteiger partial charge < -0.3 is 5.11 Å². The van der Waals surface area contributed by atoms with Crippen molar-refractivity contribution in [3.05, 3.63) is 23.0 Å². The minimum Gasteiger partial charge on any atom is -0.481 e. The summed E-state index contributed by atoms with van der Waals surface area (Å²) in [5, 5.41) is 10.3. The van der Waals surface area contributed by atoms with E-state index in [2.05, 4.69) is 16.9 Å². The number of rotatable bonds is 5. The van der Waals surface area contributed by atoms with Crippen LogP contribution in [0, 0.1) is 5.92 Å². The molecule has 0 aromatic carbocycles. The van der Waals surface area contributed by atoms with Gasteiger partial charge in [0, 0.05) is 10.3 Å². The number of aromatic nitrogens is 2. The van der Waals surface area contributed by atoms with Gasteiger partial charge in [0.05, 0.1) is 11.6 Å². The van der Waals surface area contributed by atoms with Crippen LogP contribution in [0.3, 0.4) is 0 Å². The lowest BCUT2D eigenvalue weighted by molar-refractivity contribution is -0.139. The Hall–Kier alpha value is -1.49. The number of aryl methyl sites for hydroxylation is 1. The summed E-state index contributed by atoms with van der Waals surface area (Å²) in [5.74, 6) is -1.04. The predicted molar refractivity (Wildman–Crippen MR) is 76.6 cm³/mol. The highest BCUT2D eigenvalue weighted by atomic mass is 32.1. The topological polar surface area (TPSA) is 63.1 Å². The molecule has 0 saturated heterocycles. The van der Waals surface area contributed by atoms with E-state index in [9.17, 15) is 9.90 Å². The first-order chi connectivity index (χ1) is 9.02. The zero-order chi connectivity index (χ0) is 14.0. The average Bonchev–Trinajstić information content (AvgIpc) is 2.78. The largest absolute Gasteiger partial charge is 0.481 e. The van der Waals surface area contributed by atoms with E-state index in [-0.39, 0.29) is 0 Å². The van der Waals surface area contributed by atoms with Gasteiger partial charge in [-0.2, -0.15) is 0 Å². The summed E-state index contributed by atoms with van der Waals surface area (Å²) in [5.41, 5.74) is 0.655. The van der Waals surface area contributed by atoms with Crippen molar-refractivity contribution in [2.24, 2.45) is 5.92 Å². The molecule has 5 heteroatoms. The van der Waals surface area contributed by atoms with Crippen LogP contribution >= 0.6 is 11.3 Å². The molecule has 0 aliphatic rings. The second-order valence-corrected chi connectivity index (χ2v) is 6.18. The van der Waals surface area contributed by atoms with Gasteiger partial charge in [0.2, 0.25) is 0 Å². The molecule has 0 aliphatic carbocycles. The smallest absolute Gasteiger partial charge is 0.312 e. The van der Waals surface area contributed by atoms with Gasteiger partial charge in [0.25, 0.3) is 0 Å². The summed E-state index contributed by atoms with van der Waals surface area (Å²) < 4.78 is 0. The zero-order valence-electron chi connectivity index (χ0n) is 11.4. The molecule has 1 unspecified atom stereocenters. The zero-order valence-corrected chi connectivity index (χ0v) is 12.2. The van der Waals surface area contributed by atoms with Crippen LogP contribution in [0.15, 0.2) is 12.4 Å². The fourth-order valence-electron chi connectivity index (χ4n) is 2.18. The number of carboxylic acid groups (broad SMARTS) is 1. The molecule has 0 amide bonds. The van der Waals surface area contributed by atoms with E-state index in [1.54, 1.807) is 11.3 Å². The molecular formula is C14H18N2O2S. The number of hydrogen-bond acceptors (Lipinski definition) is 4. The van der Waals surface area contributed by atoms with E-state index in [0.29, 0.717) is 18.0 Å². The Morgan fingerprint density at radius 1 is 1.42 bits per heavy atom. The van der Waals surface area contributed by atoms with E-state index >= 15 is 0 Å². The first-order valence-corrected chi connectivity index (χ1v) is 7.30. The van der Waals surface area contributed by atoms with Crippen molar-refractivity contribution in [2.75, 3.05) is 0 Å². The molecule has 0 spiro atoms. The van der Waals surface area contributed by atoms with Crippen molar-refractivity contribution in [1.29, 1.82) is 0 Å². The Kier molecular flexibility index (Phi) is 4.14. The maximum atomic E-state index is 11.5. The molecule has 0 fully saturated rings. The molecule has 2 heterocycles. The second kappa shape index (κ2) is 5.65. The number of hydrogen-bond donors (Lipinski definition) is 1. The molecule has 4 nitrogen and oxygen atoms in total. The first kappa shape index (κ1) is 13.9. The maximum absolute atomic E-state index is 11.5. The summed E-state index contributed by atoms with van der Waals surface area (Å²) in [6.45, 7) is 6.14. The van der Waals surface area contributed by atoms with Crippen LogP contribution in [0.4, 0.5) is 0 Å². The molecule has 0 aliphatic heterocycles. The van der Waals surface area contributed by atoms with E-state index in [1.165, 1.54) is 11.2 Å². The van der Waals surface area contributed by atoms with E-state index < -0.39 is 11.9 Å². The van der Waals surface area contributed by atoms with Gasteiger partial charge in [-0.3, -0.25) is 4.79 Å². The van der Waals surface area contributed by atoms with E-state index in [0.717, 1.165) is 16.6 Å². The van der Waals surface area contributed by atoms with Crippen LogP contribution in [0.25, 0.3) is 10.2 Å². The highest BCUT2D eigenvalue weighted by Gasteiger charge is 2.25. The second-order valence-electron chi connectivity index (χ2n) is 5.06. The lowest BCUT2D eigenvalue weighted by atomic mass is 9.92. The van der Waals surface area contributed by atoms with Crippen molar-refractivity contribution < 1.29 is 9.90 Å². The Morgan fingerprint density at radius 2 is 2.16 bits per heavy atom. The third-order valence-corrected chi connectivity index (χ3v) is 4.28. The number of thiophene rings is 1. The predicted octanol–water partition coefficient (Wildman–Crippen LogP) is 3.47. The van der Waals surface area contributed by atoms with Gasteiger partial charge in [-0.1, -0.05) is 20.8 Å². The van der Waals surface area contributed by atoms with Crippen molar-refractivity contribution >= 4 is 27.5 Å². The summed E-state index contributed by atoms with van der Waals surface area (Å²) in [4.78, 5) is 22.1. The number of carbonyl (C=O) groups is 1. The number of aliphatic carboxylic acids is 1. The standard InChI is InChI=1S/C14H18N2O2S/c1-4-9-6-10-12(15-7-16-13(10)19-9)11(14(17)18)5-8(2)3/h6-8,11H,4-5H2,1-3H3,(H,17,18). The fourth-order valence-corrected chi connectivity index (χ4v) is 3.12. The lowest BCUT2D eigenvalue weighted by Gasteiger charge is -2.14. The Bertz CT molecular complexity index is 592. The summed E-state index contributed by atoms with van der Waals surface area (Å²) >= 11 is 1.62. The van der Waals surface area contributed by atoms with Crippen LogP contribution in [0.5, 0.6) is 0 Å². The molecular weight excluding hydrogens is 260 g/mol. The summed E-state index contributed by atoms with van der Waals surface area (Å²) in [6.07, 6.45) is 3.00. The highest BCUT2D eigenvalue weighted by Crippen LogP contribution is 2.32. The number of nitrogens with zero attached hydrogens (tertiary/aromatic N) is 2. The molecule has 0 bridgehead atoms. The molecule has 102 valence electrons. The first-order valence-electron chi connectivity index (χ1n) is 6.49. The van der Waals surface area contributed by atoms with Gasteiger partial charge >= 0.3 is 5.97 Å². The highest BCUT2D eigenvalue weighted by molar-refractivity contribution is 7.18. The SMILES string of the molecule is CCc1cc2c(C(CC(C)C)C(=O)O)ncnc2s1. The van der Waals surface area contributed by atoms with Crippen LogP contribution in [0.1, 0.15) is 43.7 Å². The Balaban J connectivity index is 2.52. The maximum Gasteiger partial charge on any atom is 0.312 e. The molecule has 2 rings (SSSR count). The van der Waals surface area contributed by atoms with Crippen molar-refractivity contribution in [2.45, 2.75) is 39.5 Å². The van der Waals surface area contributed by atoms with Crippen molar-refractivity contribution in [1.82, 2.24) is 9.97 Å². The summed E-state index contributed by atoms with van der Waals surface area (Å²) in [6, 6.07) is 2.03. The minimum atomic E-state index is -0.807. The lowest BCUT2D eigenvalue weighted by Crippen LogP contribution is -2.15. The van der Waals surface area contributed by atoms with Gasteiger partial charge in [-0.25, -0.2) is 9.97 Å². The summed E-state index contributed by atoms with van der Waals surface area (Å²) in [7, 11) is 0. The molecule has 2 aromatic rings. The fraction of sp³-hybridized carbons (Fsp3) is 0.500. The Morgan fingerprint density at radius 3 is 2.74 bits per heavy atom. The van der Waals surface area contributed by atoms with Crippen LogP contribution < -0.4 is 0 Å². The third kappa shape index (κ3) is 2.92. The third-order valence-electron chi connectivity index (χ3n) is 3.09. The van der Waals surface area contributed by atoms with E-state index in [1.807, 2.05) is 19.9 Å². The van der Waals surface area contributed by atoms with Crippen LogP contribution in [0.2, 0.25) is 0 Å². The quantitative estimate of drug-likeness (QED) is 0.909. The van der Waals surface area contributed by atoms with Crippen molar-refractivity contribution in [3.63, 3.8) is 0 Å². The Labute approximate surface area is 116 Å². The van der Waals surface area contributed by atoms with Gasteiger partial charge in [-0.05, 0) is 24.8 Å². The van der Waals surface area contributed by atoms with Gasteiger partial charge in [0.15, 0.2) is 0 Å². The monoisotopic (exact) mass is 278 g/mol. The van der Waals surface area contributed by atoms with Crippen LogP contribution in [-0.2, 0) is 11.2 Å². The minimum absolute atomic E-state index is 0.315. The number of carboxylic acids is 1. The molecule has 19 heavy (non-hydrogen) atoms. The van der Waals surface area contributed by atoms with E-state index in [4.69, 9.17) is 0 Å². The average molecular weight is 278 g/mol. The van der Waals surface area contributed by atoms with Gasteiger partial charge in [0.1, 0.15) is 11.2 Å². The van der Waals surface area contributed by atoms with Gasteiger partial charge in [-0.15, -0.1) is 11.3 Å². The molecule has 1 atom stereocenters. The molecule has 0 saturated carbocycles. The normalized spacial score (nSPS) is 13.1. The molecule has 0 radical (unpaired) electrons.